The van der Waals surface area contributed by atoms with Gasteiger partial charge in [-0.3, -0.25) is 9.78 Å². The molecule has 5 heteroatoms. The second-order valence-corrected chi connectivity index (χ2v) is 4.79. The average Bonchev–Trinajstić information content (AvgIpc) is 2.35. The van der Waals surface area contributed by atoms with Gasteiger partial charge < -0.3 is 16.2 Å². The maximum absolute atomic E-state index is 11.8. The number of pyridine rings is 1. The second-order valence-electron chi connectivity index (χ2n) is 4.79. The molecule has 4 N–H and O–H groups in total. The lowest BCUT2D eigenvalue weighted by atomic mass is 9.92. The number of rotatable bonds is 3. The van der Waals surface area contributed by atoms with Gasteiger partial charge in [0.05, 0.1) is 30.5 Å². The number of anilines is 1. The minimum absolute atomic E-state index is 0.0989. The molecule has 2 atom stereocenters. The first-order chi connectivity index (χ1) is 8.65. The summed E-state index contributed by atoms with van der Waals surface area (Å²) in [5.41, 5.74) is 6.80. The molecule has 5 nitrogen and oxygen atoms in total. The van der Waals surface area contributed by atoms with E-state index in [0.717, 1.165) is 25.7 Å². The third-order valence-electron chi connectivity index (χ3n) is 3.27. The van der Waals surface area contributed by atoms with E-state index in [-0.39, 0.29) is 18.4 Å². The van der Waals surface area contributed by atoms with Gasteiger partial charge in [-0.1, -0.05) is 12.8 Å². The van der Waals surface area contributed by atoms with Gasteiger partial charge in [-0.25, -0.2) is 0 Å². The third-order valence-corrected chi connectivity index (χ3v) is 3.27. The Hall–Kier alpha value is -1.62. The van der Waals surface area contributed by atoms with Crippen LogP contribution >= 0.6 is 0 Å². The number of nitrogens with zero attached hydrogens (tertiary/aromatic N) is 1. The monoisotopic (exact) mass is 249 g/mol. The molecule has 1 aliphatic rings. The number of aliphatic hydroxyl groups is 1. The molecular weight excluding hydrogens is 230 g/mol. The van der Waals surface area contributed by atoms with Crippen molar-refractivity contribution >= 4 is 11.6 Å². The predicted molar refractivity (Wildman–Crippen MR) is 68.8 cm³/mol. The first kappa shape index (κ1) is 12.8. The maximum atomic E-state index is 11.8. The highest BCUT2D eigenvalue weighted by Gasteiger charge is 2.24. The number of aromatic nitrogens is 1. The Kier molecular flexibility index (Phi) is 4.15. The van der Waals surface area contributed by atoms with Crippen molar-refractivity contribution in [3.05, 3.63) is 24.0 Å². The molecule has 0 spiro atoms. The molecule has 1 fully saturated rings. The van der Waals surface area contributed by atoms with Crippen molar-refractivity contribution in [3.63, 3.8) is 0 Å². The molecule has 0 saturated heterocycles. The first-order valence-electron chi connectivity index (χ1n) is 6.33. The van der Waals surface area contributed by atoms with Crippen LogP contribution in [0.1, 0.15) is 31.4 Å². The largest absolute Gasteiger partial charge is 0.397 e. The smallest absolute Gasteiger partial charge is 0.226 e. The zero-order valence-electron chi connectivity index (χ0n) is 10.3. The fraction of sp³-hybridized carbons (Fsp3) is 0.538. The van der Waals surface area contributed by atoms with E-state index in [1.165, 1.54) is 6.20 Å². The summed E-state index contributed by atoms with van der Waals surface area (Å²) < 4.78 is 0. The number of aliphatic hydroxyl groups excluding tert-OH is 1. The lowest BCUT2D eigenvalue weighted by Gasteiger charge is -2.28. The number of hydrogen-bond acceptors (Lipinski definition) is 4. The first-order valence-corrected chi connectivity index (χ1v) is 6.33. The number of carbonyl (C=O) groups excluding carboxylic acids is 1. The zero-order valence-corrected chi connectivity index (χ0v) is 10.3. The molecule has 1 amide bonds. The minimum atomic E-state index is -0.415. The molecule has 1 saturated carbocycles. The normalized spacial score (nSPS) is 23.6. The third kappa shape index (κ3) is 3.43. The SMILES string of the molecule is Nc1ccc(CC(=O)NC2CCCCC2O)nc1. The molecule has 0 bridgehead atoms. The Balaban J connectivity index is 1.86. The summed E-state index contributed by atoms with van der Waals surface area (Å²) in [7, 11) is 0. The molecular formula is C13H19N3O2. The van der Waals surface area contributed by atoms with Crippen LogP contribution in [0.3, 0.4) is 0 Å². The summed E-state index contributed by atoms with van der Waals surface area (Å²) in [6.07, 6.45) is 5.06. The number of nitrogens with two attached hydrogens (primary N) is 1. The van der Waals surface area contributed by atoms with E-state index < -0.39 is 6.10 Å². The molecule has 0 radical (unpaired) electrons. The van der Waals surface area contributed by atoms with Gasteiger partial charge in [-0.15, -0.1) is 0 Å². The lowest BCUT2D eigenvalue weighted by Crippen LogP contribution is -2.45. The van der Waals surface area contributed by atoms with Crippen LogP contribution in [0.15, 0.2) is 18.3 Å². The highest BCUT2D eigenvalue weighted by molar-refractivity contribution is 5.78. The van der Waals surface area contributed by atoms with Gasteiger partial charge in [0.25, 0.3) is 0 Å². The summed E-state index contributed by atoms with van der Waals surface area (Å²) in [5, 5.41) is 12.6. The highest BCUT2D eigenvalue weighted by atomic mass is 16.3. The number of carbonyl (C=O) groups is 1. The summed E-state index contributed by atoms with van der Waals surface area (Å²) in [6.45, 7) is 0. The van der Waals surface area contributed by atoms with Crippen molar-refractivity contribution in [3.8, 4) is 0 Å². The molecule has 18 heavy (non-hydrogen) atoms. The number of hydrogen-bond donors (Lipinski definition) is 3. The van der Waals surface area contributed by atoms with Crippen LogP contribution in [-0.4, -0.2) is 28.1 Å². The second kappa shape index (κ2) is 5.82. The Morgan fingerprint density at radius 2 is 2.22 bits per heavy atom. The summed E-state index contributed by atoms with van der Waals surface area (Å²) in [6, 6.07) is 3.36. The predicted octanol–water partition coefficient (Wildman–Crippen LogP) is 0.626. The van der Waals surface area contributed by atoms with Crippen LogP contribution in [0.5, 0.6) is 0 Å². The molecule has 2 unspecified atom stereocenters. The zero-order chi connectivity index (χ0) is 13.0. The Bertz CT molecular complexity index is 405. The Morgan fingerprint density at radius 1 is 1.44 bits per heavy atom. The molecule has 1 aliphatic carbocycles. The topological polar surface area (TPSA) is 88.2 Å². The molecule has 1 aromatic heterocycles. The average molecular weight is 249 g/mol. The van der Waals surface area contributed by atoms with Crippen molar-refractivity contribution in [1.29, 1.82) is 0 Å². The van der Waals surface area contributed by atoms with Gasteiger partial charge in [0.15, 0.2) is 0 Å². The van der Waals surface area contributed by atoms with Crippen molar-refractivity contribution < 1.29 is 9.90 Å². The van der Waals surface area contributed by atoms with Gasteiger partial charge >= 0.3 is 0 Å². The standard InChI is InChI=1S/C13H19N3O2/c14-9-5-6-10(15-8-9)7-13(18)16-11-3-1-2-4-12(11)17/h5-6,8,11-12,17H,1-4,7,14H2,(H,16,18). The van der Waals surface area contributed by atoms with E-state index in [0.29, 0.717) is 11.4 Å². The van der Waals surface area contributed by atoms with Crippen LogP contribution in [0.25, 0.3) is 0 Å². The fourth-order valence-corrected chi connectivity index (χ4v) is 2.24. The van der Waals surface area contributed by atoms with Gasteiger partial charge in [0.2, 0.25) is 5.91 Å². The van der Waals surface area contributed by atoms with Crippen LogP contribution < -0.4 is 11.1 Å². The Labute approximate surface area is 106 Å². The summed E-state index contributed by atoms with van der Waals surface area (Å²) in [4.78, 5) is 15.9. The fourth-order valence-electron chi connectivity index (χ4n) is 2.24. The van der Waals surface area contributed by atoms with Gasteiger partial charge in [0, 0.05) is 5.69 Å². The minimum Gasteiger partial charge on any atom is -0.397 e. The van der Waals surface area contributed by atoms with Gasteiger partial charge in [0.1, 0.15) is 0 Å². The van der Waals surface area contributed by atoms with E-state index >= 15 is 0 Å². The molecule has 1 heterocycles. The van der Waals surface area contributed by atoms with Crippen LogP contribution in [-0.2, 0) is 11.2 Å². The van der Waals surface area contributed by atoms with Crippen molar-refractivity contribution in [2.45, 2.75) is 44.2 Å². The molecule has 1 aromatic rings. The van der Waals surface area contributed by atoms with E-state index in [2.05, 4.69) is 10.3 Å². The van der Waals surface area contributed by atoms with E-state index in [9.17, 15) is 9.90 Å². The molecule has 0 aliphatic heterocycles. The summed E-state index contributed by atoms with van der Waals surface area (Å²) >= 11 is 0. The van der Waals surface area contributed by atoms with Crippen molar-refractivity contribution in [2.75, 3.05) is 5.73 Å². The van der Waals surface area contributed by atoms with Crippen molar-refractivity contribution in [2.24, 2.45) is 0 Å². The maximum Gasteiger partial charge on any atom is 0.226 e. The van der Waals surface area contributed by atoms with Crippen LogP contribution in [0.2, 0.25) is 0 Å². The van der Waals surface area contributed by atoms with Crippen LogP contribution in [0.4, 0.5) is 5.69 Å². The van der Waals surface area contributed by atoms with Gasteiger partial charge in [-0.05, 0) is 25.0 Å². The quantitative estimate of drug-likeness (QED) is 0.733. The number of nitrogens with one attached hydrogen (secondary N) is 1. The van der Waals surface area contributed by atoms with Crippen LogP contribution in [0, 0.1) is 0 Å². The Morgan fingerprint density at radius 3 is 2.89 bits per heavy atom. The number of amides is 1. The lowest BCUT2D eigenvalue weighted by molar-refractivity contribution is -0.122. The van der Waals surface area contributed by atoms with E-state index in [1.807, 2.05) is 0 Å². The van der Waals surface area contributed by atoms with Crippen molar-refractivity contribution in [1.82, 2.24) is 10.3 Å². The number of nitrogen functional groups attached to an aromatic ring is 1. The van der Waals surface area contributed by atoms with E-state index in [4.69, 9.17) is 5.73 Å². The van der Waals surface area contributed by atoms with Gasteiger partial charge in [-0.2, -0.15) is 0 Å². The molecule has 98 valence electrons. The molecule has 0 aromatic carbocycles. The molecule has 2 rings (SSSR count). The van der Waals surface area contributed by atoms with E-state index in [1.54, 1.807) is 12.1 Å². The summed E-state index contributed by atoms with van der Waals surface area (Å²) in [5.74, 6) is -0.0989. The highest BCUT2D eigenvalue weighted by Crippen LogP contribution is 2.18.